The Morgan fingerprint density at radius 2 is 1.33 bits per heavy atom. The Morgan fingerprint density at radius 3 is 1.33 bits per heavy atom. The van der Waals surface area contributed by atoms with Gasteiger partial charge in [0.2, 0.25) is 0 Å². The molecule has 2 N–H and O–H groups in total. The van der Waals surface area contributed by atoms with E-state index in [4.69, 9.17) is 5.40 Å². The van der Waals surface area contributed by atoms with Crippen molar-refractivity contribution in [2.75, 3.05) is 0 Å². The van der Waals surface area contributed by atoms with E-state index in [2.05, 4.69) is 26.2 Å². The largest absolute Gasteiger partial charge is 0.355 e. The van der Waals surface area contributed by atoms with E-state index < -0.39 is 0 Å². The van der Waals surface area contributed by atoms with E-state index in [1.165, 1.54) is 0 Å². The summed E-state index contributed by atoms with van der Waals surface area (Å²) in [5, 5.41) is 5.70. The zero-order valence-corrected chi connectivity index (χ0v) is 10.6. The molecule has 0 aliphatic rings. The number of rotatable bonds is 3. The lowest BCUT2D eigenvalue weighted by Gasteiger charge is -2.16. The highest BCUT2D eigenvalue weighted by molar-refractivity contribution is 7.66. The average molecular weight is 189 g/mol. The summed E-state index contributed by atoms with van der Waals surface area (Å²) in [7, 11) is 0.815. The van der Waals surface area contributed by atoms with Crippen LogP contribution in [0, 0.1) is 0 Å². The van der Waals surface area contributed by atoms with Crippen LogP contribution >= 0.6 is 0 Å². The Morgan fingerprint density at radius 1 is 1.00 bits per heavy atom. The molecule has 0 aromatic carbocycles. The van der Waals surface area contributed by atoms with Crippen LogP contribution in [0.3, 0.4) is 0 Å². The van der Waals surface area contributed by atoms with E-state index in [9.17, 15) is 0 Å². The van der Waals surface area contributed by atoms with Crippen LogP contribution in [-0.2, 0) is 0 Å². The van der Waals surface area contributed by atoms with Crippen LogP contribution in [-0.4, -0.2) is 33.2 Å². The van der Waals surface area contributed by atoms with Crippen molar-refractivity contribution in [3.8, 4) is 0 Å². The molecule has 1 nitrogen and oxygen atoms in total. The van der Waals surface area contributed by atoms with Gasteiger partial charge in [-0.2, -0.15) is 0 Å². The maximum Gasteiger partial charge on any atom is 0.111 e. The van der Waals surface area contributed by atoms with Crippen molar-refractivity contribution in [2.24, 2.45) is 5.40 Å². The fourth-order valence-corrected chi connectivity index (χ4v) is 21.3. The van der Waals surface area contributed by atoms with E-state index >= 15 is 0 Å². The molecule has 9 heavy (non-hydrogen) atoms. The molecule has 0 aromatic heterocycles. The van der Waals surface area contributed by atoms with Gasteiger partial charge in [0, 0.05) is 24.0 Å². The second-order valence-electron chi connectivity index (χ2n) is 2.52. The predicted molar refractivity (Wildman–Crippen MR) is 50.7 cm³/mol. The predicted octanol–water partition coefficient (Wildman–Crippen LogP) is 0.221. The summed E-state index contributed by atoms with van der Waals surface area (Å²) in [6.45, 7) is 9.65. The van der Waals surface area contributed by atoms with Gasteiger partial charge in [-0.1, -0.05) is 26.2 Å². The van der Waals surface area contributed by atoms with Crippen LogP contribution in [0.15, 0.2) is 0 Å². The summed E-state index contributed by atoms with van der Waals surface area (Å²) in [4.78, 5) is 0. The Balaban J connectivity index is 3.68. The topological polar surface area (TPSA) is 26.0 Å². The molecule has 0 atom stereocenters. The molecule has 0 aliphatic carbocycles. The molecular formula is C4H14NSi4. The van der Waals surface area contributed by atoms with Gasteiger partial charge in [0.1, 0.15) is 9.20 Å². The maximum atomic E-state index is 5.70. The normalized spacial score (nSPS) is 12.0. The van der Waals surface area contributed by atoms with E-state index in [1.54, 1.807) is 0 Å². The molecule has 0 spiro atoms. The van der Waals surface area contributed by atoms with Crippen LogP contribution in [0.5, 0.6) is 0 Å². The lowest BCUT2D eigenvalue weighted by molar-refractivity contribution is 1.96. The zero-order chi connectivity index (χ0) is 7.44. The summed E-state index contributed by atoms with van der Waals surface area (Å²) in [6, 6.07) is 0. The van der Waals surface area contributed by atoms with Gasteiger partial charge < -0.3 is 5.40 Å². The van der Waals surface area contributed by atoms with E-state index in [1.807, 2.05) is 0 Å². The van der Waals surface area contributed by atoms with Crippen molar-refractivity contribution < 1.29 is 0 Å². The van der Waals surface area contributed by atoms with Gasteiger partial charge in [0.15, 0.2) is 0 Å². The molecule has 0 aromatic rings. The van der Waals surface area contributed by atoms with Gasteiger partial charge in [-0.25, -0.2) is 0 Å². The van der Waals surface area contributed by atoms with Crippen molar-refractivity contribution in [3.05, 3.63) is 0 Å². The summed E-state index contributed by atoms with van der Waals surface area (Å²) in [5.41, 5.74) is 0. The summed E-state index contributed by atoms with van der Waals surface area (Å²) in [6.07, 6.45) is 0. The molecule has 0 fully saturated rings. The van der Waals surface area contributed by atoms with Gasteiger partial charge >= 0.3 is 0 Å². The first-order valence-electron chi connectivity index (χ1n) is 3.04. The minimum Gasteiger partial charge on any atom is -0.355 e. The second-order valence-corrected chi connectivity index (χ2v) is 23.4. The second kappa shape index (κ2) is 4.61. The minimum atomic E-state index is -0.00874. The Labute approximate surface area is 65.1 Å². The Hall–Kier alpha value is 0.828. The molecule has 0 unspecified atom stereocenters. The highest BCUT2D eigenvalue weighted by Crippen LogP contribution is 1.92. The fraction of sp³-hybridized carbons (Fsp3) is 1.00. The smallest absolute Gasteiger partial charge is 0.111 e. The zero-order valence-electron chi connectivity index (χ0n) is 6.58. The van der Waals surface area contributed by atoms with Crippen LogP contribution in [0.4, 0.5) is 0 Å². The molecule has 0 saturated carbocycles. The molecule has 0 aliphatic heterocycles. The monoisotopic (exact) mass is 188 g/mol. The number of hydrogen-bond acceptors (Lipinski definition) is 1. The van der Waals surface area contributed by atoms with Gasteiger partial charge in [0.25, 0.3) is 0 Å². The summed E-state index contributed by atoms with van der Waals surface area (Å²) < 4.78 is 0. The van der Waals surface area contributed by atoms with Crippen molar-refractivity contribution in [2.45, 2.75) is 26.2 Å². The van der Waals surface area contributed by atoms with Gasteiger partial charge in [-0.3, -0.25) is 0 Å². The van der Waals surface area contributed by atoms with Crippen LogP contribution in [0.1, 0.15) is 0 Å². The lowest BCUT2D eigenvalue weighted by atomic mass is 11.9. The van der Waals surface area contributed by atoms with Crippen LogP contribution in [0.25, 0.3) is 0 Å². The lowest BCUT2D eigenvalue weighted by Crippen LogP contribution is -2.51. The molecule has 0 amide bonds. The molecular weight excluding hydrogens is 174 g/mol. The minimum absolute atomic E-state index is 0.00874. The van der Waals surface area contributed by atoms with Crippen LogP contribution in [0.2, 0.25) is 26.2 Å². The van der Waals surface area contributed by atoms with Gasteiger partial charge in [-0.15, -0.1) is 0 Å². The maximum absolute atomic E-state index is 5.70. The van der Waals surface area contributed by atoms with Gasteiger partial charge in [-0.05, 0) is 0 Å². The molecule has 5 heteroatoms. The Bertz CT molecular complexity index is 67.0. The van der Waals surface area contributed by atoms with Crippen molar-refractivity contribution in [1.82, 2.24) is 0 Å². The molecule has 0 heterocycles. The first-order valence-corrected chi connectivity index (χ1v) is 13.6. The SMILES string of the molecule is C[Si](C)[Si]([Si]N)[Si](C)C. The highest BCUT2D eigenvalue weighted by Gasteiger charge is 2.20. The quantitative estimate of drug-likeness (QED) is 0.630. The van der Waals surface area contributed by atoms with Crippen molar-refractivity contribution >= 4 is 33.2 Å². The van der Waals surface area contributed by atoms with Crippen LogP contribution < -0.4 is 5.40 Å². The molecule has 0 saturated heterocycles. The van der Waals surface area contributed by atoms with E-state index in [0.717, 1.165) is 9.20 Å². The van der Waals surface area contributed by atoms with Gasteiger partial charge in [0.05, 0.1) is 0 Å². The van der Waals surface area contributed by atoms with E-state index in [-0.39, 0.29) is 24.0 Å². The third-order valence-electron chi connectivity index (χ3n) is 1.14. The molecule has 51 valence electrons. The third-order valence-corrected chi connectivity index (χ3v) is 30.9. The fourth-order valence-electron chi connectivity index (χ4n) is 0.789. The van der Waals surface area contributed by atoms with Crippen molar-refractivity contribution in [1.29, 1.82) is 0 Å². The third kappa shape index (κ3) is 3.51. The standard InChI is InChI=1S/C4H14NSi4/c1-7(2)9(6-5)8(3)4/h5H2,1-4H3. The Kier molecular flexibility index (Phi) is 5.04. The molecule has 5 radical (unpaired) electrons. The van der Waals surface area contributed by atoms with E-state index in [0.29, 0.717) is 0 Å². The number of nitrogens with two attached hydrogens (primary N) is 1. The number of hydrogen-bond donors (Lipinski definition) is 1. The molecule has 0 rings (SSSR count). The van der Waals surface area contributed by atoms with Crippen molar-refractivity contribution in [3.63, 3.8) is 0 Å². The summed E-state index contributed by atoms with van der Waals surface area (Å²) in [5.74, 6) is 0. The average Bonchev–Trinajstić information content (AvgIpc) is 1.64. The molecule has 0 bridgehead atoms. The summed E-state index contributed by atoms with van der Waals surface area (Å²) >= 11 is 0. The first-order chi connectivity index (χ1) is 4.09. The highest BCUT2D eigenvalue weighted by atomic mass is 29.9. The first kappa shape index (κ1) is 9.83.